The number of phenolic OH excluding ortho intramolecular Hbond substituents is 1. The van der Waals surface area contributed by atoms with Crippen molar-refractivity contribution in [2.75, 3.05) is 4.90 Å². The number of phenols is 1. The number of imide groups is 1. The number of carbonyl (C=O) groups is 2. The minimum atomic E-state index is -1.72. The fraction of sp³-hybridized carbons (Fsp3) is 0.391. The number of nitrogens with zero attached hydrogens (tertiary/aromatic N) is 1. The van der Waals surface area contributed by atoms with Gasteiger partial charge in [0.25, 0.3) is 0 Å². The average molecular weight is 437 g/mol. The van der Waals surface area contributed by atoms with Crippen LogP contribution in [-0.2, 0) is 14.3 Å². The van der Waals surface area contributed by atoms with Gasteiger partial charge in [0.2, 0.25) is 11.8 Å². The first kappa shape index (κ1) is 21.1. The van der Waals surface area contributed by atoms with Gasteiger partial charge in [-0.3, -0.25) is 14.5 Å². The highest BCUT2D eigenvalue weighted by Crippen LogP contribution is 2.58. The summed E-state index contributed by atoms with van der Waals surface area (Å²) in [5, 5.41) is 40.3. The van der Waals surface area contributed by atoms with Crippen molar-refractivity contribution in [3.05, 3.63) is 54.1 Å². The van der Waals surface area contributed by atoms with Gasteiger partial charge in [-0.1, -0.05) is 31.2 Å². The second-order valence-electron chi connectivity index (χ2n) is 9.05. The molecule has 3 aliphatic rings. The Morgan fingerprint density at radius 3 is 2.53 bits per heavy atom. The van der Waals surface area contributed by atoms with Crippen LogP contribution in [0.3, 0.4) is 0 Å². The lowest BCUT2D eigenvalue weighted by atomic mass is 9.65. The molecule has 2 aliphatic heterocycles. The fourth-order valence-electron chi connectivity index (χ4n) is 5.66. The monoisotopic (exact) mass is 437 g/mol. The molecule has 2 aromatic carbocycles. The Hall–Kier alpha value is -2.72. The molecular weight excluding hydrogens is 413 g/mol. The topological polar surface area (TPSA) is 128 Å². The number of aromatic hydroxyl groups is 1. The van der Waals surface area contributed by atoms with Crippen molar-refractivity contribution in [1.82, 2.24) is 0 Å². The van der Waals surface area contributed by atoms with Crippen LogP contribution >= 0.6 is 0 Å². The first-order valence-corrected chi connectivity index (χ1v) is 10.7. The highest BCUT2D eigenvalue weighted by Gasteiger charge is 2.66. The van der Waals surface area contributed by atoms with E-state index in [1.807, 2.05) is 6.92 Å². The average Bonchev–Trinajstić information content (AvgIpc) is 3.23. The molecule has 2 amide bonds. The van der Waals surface area contributed by atoms with Gasteiger partial charge in [-0.15, -0.1) is 0 Å². The zero-order valence-corrected chi connectivity index (χ0v) is 17.5. The number of anilines is 1. The third-order valence-electron chi connectivity index (χ3n) is 7.22. The zero-order chi connectivity index (χ0) is 22.8. The van der Waals surface area contributed by atoms with Crippen LogP contribution in [0.1, 0.15) is 31.4 Å². The molecule has 1 aliphatic carbocycles. The van der Waals surface area contributed by atoms with E-state index >= 15 is 0 Å². The maximum atomic E-state index is 13.5. The van der Waals surface area contributed by atoms with E-state index in [9.17, 15) is 29.9 Å². The lowest BCUT2D eigenvalue weighted by molar-refractivity contribution is -0.265. The molecule has 0 bridgehead atoms. The lowest BCUT2D eigenvalue weighted by Crippen LogP contribution is -2.52. The van der Waals surface area contributed by atoms with Gasteiger partial charge in [-0.2, -0.15) is 0 Å². The van der Waals surface area contributed by atoms with E-state index in [-0.39, 0.29) is 28.7 Å². The third-order valence-corrected chi connectivity index (χ3v) is 7.22. The van der Waals surface area contributed by atoms with Crippen molar-refractivity contribution in [1.29, 1.82) is 0 Å². The van der Waals surface area contributed by atoms with Gasteiger partial charge in [0.05, 0.1) is 23.6 Å². The smallest absolute Gasteiger partial charge is 0.488 e. The van der Waals surface area contributed by atoms with Crippen LogP contribution in [0.2, 0.25) is 0 Å². The Kier molecular flexibility index (Phi) is 4.90. The number of benzene rings is 2. The Balaban J connectivity index is 1.50. The molecule has 2 heterocycles. The Morgan fingerprint density at radius 1 is 1.06 bits per heavy atom. The molecule has 6 atom stereocenters. The second kappa shape index (κ2) is 7.42. The summed E-state index contributed by atoms with van der Waals surface area (Å²) in [6, 6.07) is 12.7. The Morgan fingerprint density at radius 2 is 1.81 bits per heavy atom. The predicted octanol–water partition coefficient (Wildman–Crippen LogP) is 0.684. The van der Waals surface area contributed by atoms with Gasteiger partial charge >= 0.3 is 7.12 Å². The number of ether oxygens (including phenoxy) is 1. The van der Waals surface area contributed by atoms with Gasteiger partial charge in [0.15, 0.2) is 5.79 Å². The molecule has 3 fully saturated rings. The van der Waals surface area contributed by atoms with Crippen molar-refractivity contribution in [2.45, 2.75) is 31.7 Å². The van der Waals surface area contributed by atoms with Crippen LogP contribution in [-0.4, -0.2) is 45.0 Å². The number of hydrogen-bond donors (Lipinski definition) is 4. The minimum absolute atomic E-state index is 0.0862. The maximum Gasteiger partial charge on any atom is 0.488 e. The Bertz CT molecular complexity index is 1090. The van der Waals surface area contributed by atoms with E-state index in [1.54, 1.807) is 36.4 Å². The number of aliphatic hydroxyl groups is 1. The third kappa shape index (κ3) is 3.08. The van der Waals surface area contributed by atoms with E-state index in [0.29, 0.717) is 18.4 Å². The zero-order valence-electron chi connectivity index (χ0n) is 17.5. The summed E-state index contributed by atoms with van der Waals surface area (Å²) < 4.78 is 6.09. The number of rotatable bonds is 3. The first-order valence-electron chi connectivity index (χ1n) is 10.7. The van der Waals surface area contributed by atoms with Crippen molar-refractivity contribution < 1.29 is 34.6 Å². The van der Waals surface area contributed by atoms with Gasteiger partial charge in [-0.25, -0.2) is 0 Å². The summed E-state index contributed by atoms with van der Waals surface area (Å²) in [4.78, 5) is 27.9. The maximum absolute atomic E-state index is 13.5. The molecule has 5 rings (SSSR count). The summed E-state index contributed by atoms with van der Waals surface area (Å²) in [5.74, 6) is -4.53. The van der Waals surface area contributed by atoms with Gasteiger partial charge in [0, 0.05) is 11.8 Å². The standard InChI is InChI=1S/C23H24BNO7/c1-12-8-17-20(18-11-19(32-23(12,18)29)13-4-2-7-16(26)9-13)22(28)25(21(17)27)15-6-3-5-14(10-15)24(30)31/h2-7,9-10,12,17-20,26,29-31H,8,11H2,1H3/t12-,17-,18-,19-,20-,23+/m0/s1. The van der Waals surface area contributed by atoms with Crippen LogP contribution < -0.4 is 10.4 Å². The van der Waals surface area contributed by atoms with Crippen molar-refractivity contribution in [2.24, 2.45) is 23.7 Å². The van der Waals surface area contributed by atoms with Crippen LogP contribution in [0.4, 0.5) is 5.69 Å². The SMILES string of the molecule is C[C@H]1C[C@@H]2C(=O)N(c3cccc(B(O)O)c3)C(=O)[C@@H]2[C@@H]2C[C@@H](c3cccc(O)c3)O[C@]12O. The molecule has 2 aromatic rings. The molecule has 1 saturated carbocycles. The molecule has 0 radical (unpaired) electrons. The molecule has 0 unspecified atom stereocenters. The molecule has 0 aromatic heterocycles. The molecule has 2 saturated heterocycles. The largest absolute Gasteiger partial charge is 0.508 e. The van der Waals surface area contributed by atoms with E-state index in [0.717, 1.165) is 4.90 Å². The lowest BCUT2D eigenvalue weighted by Gasteiger charge is -2.43. The normalized spacial score (nSPS) is 33.9. The summed E-state index contributed by atoms with van der Waals surface area (Å²) in [5.41, 5.74) is 1.16. The predicted molar refractivity (Wildman–Crippen MR) is 115 cm³/mol. The summed E-state index contributed by atoms with van der Waals surface area (Å²) in [6.45, 7) is 1.82. The quantitative estimate of drug-likeness (QED) is 0.411. The minimum Gasteiger partial charge on any atom is -0.508 e. The summed E-state index contributed by atoms with van der Waals surface area (Å²) in [7, 11) is -1.72. The number of amides is 2. The highest BCUT2D eigenvalue weighted by molar-refractivity contribution is 6.58. The van der Waals surface area contributed by atoms with Crippen molar-refractivity contribution >= 4 is 30.1 Å². The molecular formula is C23H24BNO7. The van der Waals surface area contributed by atoms with Gasteiger partial charge in [0.1, 0.15) is 5.75 Å². The van der Waals surface area contributed by atoms with Crippen molar-refractivity contribution in [3.8, 4) is 5.75 Å². The number of fused-ring (bicyclic) bond motifs is 3. The molecule has 4 N–H and O–H groups in total. The van der Waals surface area contributed by atoms with E-state index in [2.05, 4.69) is 0 Å². The van der Waals surface area contributed by atoms with Crippen molar-refractivity contribution in [3.63, 3.8) is 0 Å². The van der Waals surface area contributed by atoms with E-state index in [4.69, 9.17) is 4.74 Å². The van der Waals surface area contributed by atoms with Gasteiger partial charge < -0.3 is 25.0 Å². The van der Waals surface area contributed by atoms with Crippen LogP contribution in [0.5, 0.6) is 5.75 Å². The fourth-order valence-corrected chi connectivity index (χ4v) is 5.66. The first-order chi connectivity index (χ1) is 15.2. The molecule has 32 heavy (non-hydrogen) atoms. The molecule has 8 nitrogen and oxygen atoms in total. The molecule has 9 heteroatoms. The van der Waals surface area contributed by atoms with E-state index in [1.165, 1.54) is 12.1 Å². The van der Waals surface area contributed by atoms with Crippen LogP contribution in [0.25, 0.3) is 0 Å². The number of hydrogen-bond acceptors (Lipinski definition) is 7. The molecule has 0 spiro atoms. The summed E-state index contributed by atoms with van der Waals surface area (Å²) in [6.07, 6.45) is 0.129. The van der Waals surface area contributed by atoms with Gasteiger partial charge in [-0.05, 0) is 48.1 Å². The van der Waals surface area contributed by atoms with Crippen LogP contribution in [0.15, 0.2) is 48.5 Å². The van der Waals surface area contributed by atoms with E-state index < -0.39 is 42.7 Å². The highest BCUT2D eigenvalue weighted by atomic mass is 16.6. The summed E-state index contributed by atoms with van der Waals surface area (Å²) >= 11 is 0. The van der Waals surface area contributed by atoms with Crippen LogP contribution in [0, 0.1) is 23.7 Å². The second-order valence-corrected chi connectivity index (χ2v) is 9.05. The number of carbonyl (C=O) groups excluding carboxylic acids is 2. The Labute approximate surface area is 185 Å². The molecule has 166 valence electrons.